The molecule has 4 rings (SSSR count). The summed E-state index contributed by atoms with van der Waals surface area (Å²) in [5.41, 5.74) is 2.40. The minimum atomic E-state index is -0.261. The van der Waals surface area contributed by atoms with Crippen LogP contribution in [0.3, 0.4) is 0 Å². The minimum Gasteiger partial charge on any atom is -0.486 e. The molecule has 0 fully saturated rings. The molecule has 3 aromatic rings. The highest BCUT2D eigenvalue weighted by Crippen LogP contribution is 2.33. The van der Waals surface area contributed by atoms with E-state index in [0.717, 1.165) is 11.1 Å². The van der Waals surface area contributed by atoms with Crippen molar-refractivity contribution in [1.29, 1.82) is 0 Å². The molecule has 1 N–H and O–H groups in total. The molecule has 7 heteroatoms. The van der Waals surface area contributed by atoms with Crippen LogP contribution in [-0.4, -0.2) is 36.2 Å². The largest absolute Gasteiger partial charge is 0.486 e. The number of rotatable bonds is 6. The van der Waals surface area contributed by atoms with Crippen molar-refractivity contribution in [2.75, 3.05) is 20.3 Å². The fourth-order valence-corrected chi connectivity index (χ4v) is 3.16. The smallest absolute Gasteiger partial charge is 0.316 e. The first-order chi connectivity index (χ1) is 14.2. The molecule has 2 aromatic carbocycles. The highest BCUT2D eigenvalue weighted by atomic mass is 16.6. The number of methoxy groups -OCH3 is 1. The Bertz CT molecular complexity index is 977. The zero-order chi connectivity index (χ0) is 20.1. The average Bonchev–Trinajstić information content (AvgIpc) is 2.79. The third-order valence-corrected chi connectivity index (χ3v) is 4.63. The van der Waals surface area contributed by atoms with Crippen LogP contribution in [-0.2, 0) is 6.42 Å². The predicted octanol–water partition coefficient (Wildman–Crippen LogP) is 2.97. The number of nitrogens with one attached hydrogen (secondary N) is 1. The van der Waals surface area contributed by atoms with Crippen molar-refractivity contribution in [2.24, 2.45) is 0 Å². The molecule has 1 aromatic heterocycles. The maximum Gasteiger partial charge on any atom is 0.316 e. The molecule has 7 nitrogen and oxygen atoms in total. The number of amides is 1. The van der Waals surface area contributed by atoms with Crippen LogP contribution in [0.2, 0.25) is 0 Å². The highest BCUT2D eigenvalue weighted by molar-refractivity contribution is 5.93. The second-order valence-electron chi connectivity index (χ2n) is 6.58. The molecular formula is C22H21N3O4. The van der Waals surface area contributed by atoms with Crippen molar-refractivity contribution in [2.45, 2.75) is 12.5 Å². The summed E-state index contributed by atoms with van der Waals surface area (Å²) in [4.78, 5) is 20.8. The van der Waals surface area contributed by atoms with Gasteiger partial charge < -0.3 is 19.5 Å². The molecule has 29 heavy (non-hydrogen) atoms. The Morgan fingerprint density at radius 3 is 2.52 bits per heavy atom. The SMILES string of the molecule is COc1ncc(C(=O)N[C@@H](Cc2ccccc2)c2ccc3c(c2)OCCO3)cn1. The monoisotopic (exact) mass is 391 g/mol. The molecule has 1 aliphatic rings. The van der Waals surface area contributed by atoms with Gasteiger partial charge in [0.1, 0.15) is 13.2 Å². The Morgan fingerprint density at radius 2 is 1.79 bits per heavy atom. The van der Waals surface area contributed by atoms with Crippen molar-refractivity contribution in [3.8, 4) is 17.5 Å². The van der Waals surface area contributed by atoms with Crippen molar-refractivity contribution in [3.05, 3.63) is 77.6 Å². The zero-order valence-corrected chi connectivity index (χ0v) is 16.0. The lowest BCUT2D eigenvalue weighted by atomic mass is 9.98. The topological polar surface area (TPSA) is 82.6 Å². The summed E-state index contributed by atoms with van der Waals surface area (Å²) in [5, 5.41) is 3.09. The van der Waals surface area contributed by atoms with E-state index in [1.165, 1.54) is 19.5 Å². The first kappa shape index (κ1) is 18.7. The molecule has 0 radical (unpaired) electrons. The Balaban J connectivity index is 1.60. The van der Waals surface area contributed by atoms with Crippen molar-refractivity contribution in [3.63, 3.8) is 0 Å². The van der Waals surface area contributed by atoms with E-state index in [2.05, 4.69) is 15.3 Å². The zero-order valence-electron chi connectivity index (χ0n) is 16.0. The molecule has 148 valence electrons. The van der Waals surface area contributed by atoms with Gasteiger partial charge in [-0.1, -0.05) is 36.4 Å². The molecule has 0 saturated carbocycles. The lowest BCUT2D eigenvalue weighted by molar-refractivity contribution is 0.0935. The fourth-order valence-electron chi connectivity index (χ4n) is 3.16. The fraction of sp³-hybridized carbons (Fsp3) is 0.227. The van der Waals surface area contributed by atoms with E-state index < -0.39 is 0 Å². The molecule has 1 atom stereocenters. The average molecular weight is 391 g/mol. The Labute approximate surface area is 168 Å². The van der Waals surface area contributed by atoms with Gasteiger partial charge in [0.25, 0.3) is 5.91 Å². The van der Waals surface area contributed by atoms with E-state index in [1.807, 2.05) is 48.5 Å². The second-order valence-corrected chi connectivity index (χ2v) is 6.58. The van der Waals surface area contributed by atoms with E-state index in [9.17, 15) is 4.79 Å². The van der Waals surface area contributed by atoms with Crippen LogP contribution in [0.1, 0.15) is 27.5 Å². The molecule has 0 spiro atoms. The predicted molar refractivity (Wildman–Crippen MR) is 106 cm³/mol. The molecular weight excluding hydrogens is 370 g/mol. The van der Waals surface area contributed by atoms with Gasteiger partial charge in [-0.15, -0.1) is 0 Å². The number of carbonyl (C=O) groups excluding carboxylic acids is 1. The van der Waals surface area contributed by atoms with Gasteiger partial charge in [-0.3, -0.25) is 4.79 Å². The second kappa shape index (κ2) is 8.60. The first-order valence-electron chi connectivity index (χ1n) is 9.33. The van der Waals surface area contributed by atoms with Crippen molar-refractivity contribution < 1.29 is 19.0 Å². The van der Waals surface area contributed by atoms with Crippen LogP contribution in [0.4, 0.5) is 0 Å². The van der Waals surface area contributed by atoms with Crippen LogP contribution < -0.4 is 19.5 Å². The summed E-state index contributed by atoms with van der Waals surface area (Å²) in [6, 6.07) is 15.7. The van der Waals surface area contributed by atoms with Gasteiger partial charge in [0.15, 0.2) is 11.5 Å². The summed E-state index contributed by atoms with van der Waals surface area (Å²) in [6.07, 6.45) is 3.53. The number of ether oxygens (including phenoxy) is 3. The normalized spacial score (nSPS) is 13.4. The molecule has 0 aliphatic carbocycles. The Morgan fingerprint density at radius 1 is 1.07 bits per heavy atom. The number of benzene rings is 2. The number of aromatic nitrogens is 2. The van der Waals surface area contributed by atoms with Crippen molar-refractivity contribution in [1.82, 2.24) is 15.3 Å². The van der Waals surface area contributed by atoms with E-state index >= 15 is 0 Å². The van der Waals surface area contributed by atoms with Gasteiger partial charge in [0, 0.05) is 12.4 Å². The molecule has 1 aliphatic heterocycles. The first-order valence-corrected chi connectivity index (χ1v) is 9.33. The van der Waals surface area contributed by atoms with Gasteiger partial charge in [-0.05, 0) is 29.7 Å². The third-order valence-electron chi connectivity index (χ3n) is 4.63. The van der Waals surface area contributed by atoms with Crippen molar-refractivity contribution >= 4 is 5.91 Å². The summed E-state index contributed by atoms with van der Waals surface area (Å²) < 4.78 is 16.3. The molecule has 0 saturated heterocycles. The standard InChI is InChI=1S/C22H21N3O4/c1-27-22-23-13-17(14-24-22)21(26)25-18(11-15-5-3-2-4-6-15)16-7-8-19-20(12-16)29-10-9-28-19/h2-8,12-14,18H,9-11H2,1H3,(H,25,26)/t18-/m0/s1. The molecule has 1 amide bonds. The summed E-state index contributed by atoms with van der Waals surface area (Å²) in [7, 11) is 1.48. The Hall–Kier alpha value is -3.61. The number of carbonyl (C=O) groups is 1. The summed E-state index contributed by atoms with van der Waals surface area (Å²) in [6.45, 7) is 1.04. The van der Waals surface area contributed by atoms with Crippen LogP contribution in [0.25, 0.3) is 0 Å². The molecule has 0 bridgehead atoms. The molecule has 0 unspecified atom stereocenters. The quantitative estimate of drug-likeness (QED) is 0.696. The lowest BCUT2D eigenvalue weighted by Gasteiger charge is -2.23. The van der Waals surface area contributed by atoms with E-state index in [-0.39, 0.29) is 18.0 Å². The number of hydrogen-bond acceptors (Lipinski definition) is 6. The maximum atomic E-state index is 12.8. The number of fused-ring (bicyclic) bond motifs is 1. The van der Waals surface area contributed by atoms with Gasteiger partial charge in [-0.2, -0.15) is 0 Å². The van der Waals surface area contributed by atoms with Gasteiger partial charge >= 0.3 is 6.01 Å². The lowest BCUT2D eigenvalue weighted by Crippen LogP contribution is -2.30. The van der Waals surface area contributed by atoms with E-state index in [0.29, 0.717) is 36.7 Å². The highest BCUT2D eigenvalue weighted by Gasteiger charge is 2.20. The Kier molecular flexibility index (Phi) is 5.56. The minimum absolute atomic E-state index is 0.217. The van der Waals surface area contributed by atoms with Gasteiger partial charge in [0.2, 0.25) is 0 Å². The summed E-state index contributed by atoms with van der Waals surface area (Å²) >= 11 is 0. The summed E-state index contributed by atoms with van der Waals surface area (Å²) in [5.74, 6) is 1.14. The molecule has 2 heterocycles. The number of nitrogens with zero attached hydrogens (tertiary/aromatic N) is 2. The van der Waals surface area contributed by atoms with Crippen LogP contribution in [0.15, 0.2) is 60.9 Å². The maximum absolute atomic E-state index is 12.8. The van der Waals surface area contributed by atoms with Crippen LogP contribution in [0, 0.1) is 0 Å². The third kappa shape index (κ3) is 4.45. The van der Waals surface area contributed by atoms with Crippen LogP contribution in [0.5, 0.6) is 17.5 Å². The van der Waals surface area contributed by atoms with E-state index in [4.69, 9.17) is 14.2 Å². The van der Waals surface area contributed by atoms with Gasteiger partial charge in [-0.25, -0.2) is 9.97 Å². The van der Waals surface area contributed by atoms with Crippen LogP contribution >= 0.6 is 0 Å². The van der Waals surface area contributed by atoms with E-state index in [1.54, 1.807) is 0 Å². The number of hydrogen-bond donors (Lipinski definition) is 1. The van der Waals surface area contributed by atoms with Gasteiger partial charge in [0.05, 0.1) is 18.7 Å².